The number of carbonyl (C=O) groups excluding carboxylic acids is 1. The highest BCUT2D eigenvalue weighted by atomic mass is 19.1. The first-order valence-corrected chi connectivity index (χ1v) is 10.2. The summed E-state index contributed by atoms with van der Waals surface area (Å²) in [5, 5.41) is 0. The molecule has 154 valence electrons. The second-order valence-electron chi connectivity index (χ2n) is 7.55. The number of rotatable bonds is 5. The van der Waals surface area contributed by atoms with Gasteiger partial charge in [0.15, 0.2) is 0 Å². The molecule has 0 aromatic heterocycles. The van der Waals surface area contributed by atoms with Crippen LogP contribution in [0.3, 0.4) is 0 Å². The van der Waals surface area contributed by atoms with Crippen molar-refractivity contribution in [1.29, 1.82) is 0 Å². The lowest BCUT2D eigenvalue weighted by atomic mass is 9.96. The lowest BCUT2D eigenvalue weighted by Gasteiger charge is -2.37. The fourth-order valence-electron chi connectivity index (χ4n) is 4.21. The van der Waals surface area contributed by atoms with Crippen LogP contribution in [0.15, 0.2) is 78.9 Å². The zero-order valence-electron chi connectivity index (χ0n) is 17.1. The van der Waals surface area contributed by atoms with Crippen molar-refractivity contribution in [3.63, 3.8) is 0 Å². The van der Waals surface area contributed by atoms with E-state index in [1.165, 1.54) is 35.3 Å². The van der Waals surface area contributed by atoms with Crippen molar-refractivity contribution in [3.05, 3.63) is 101 Å². The number of nitrogens with one attached hydrogen (secondary N) is 1. The van der Waals surface area contributed by atoms with Crippen molar-refractivity contribution in [3.8, 4) is 5.75 Å². The molecule has 1 amide bonds. The summed E-state index contributed by atoms with van der Waals surface area (Å²) in [6.07, 6.45) is 0. The Morgan fingerprint density at radius 2 is 1.50 bits per heavy atom. The van der Waals surface area contributed by atoms with Crippen LogP contribution in [0, 0.1) is 5.82 Å². The number of quaternary nitrogens is 1. The molecule has 1 aliphatic heterocycles. The number of piperazine rings is 1. The van der Waals surface area contributed by atoms with Crippen LogP contribution in [0.2, 0.25) is 0 Å². The minimum atomic E-state index is -0.541. The summed E-state index contributed by atoms with van der Waals surface area (Å²) in [5.41, 5.74) is 2.63. The van der Waals surface area contributed by atoms with Crippen molar-refractivity contribution in [2.75, 3.05) is 33.3 Å². The summed E-state index contributed by atoms with van der Waals surface area (Å²) in [4.78, 5) is 16.0. The van der Waals surface area contributed by atoms with Crippen LogP contribution >= 0.6 is 0 Å². The summed E-state index contributed by atoms with van der Waals surface area (Å²) in [6, 6.07) is 25.6. The number of hydrogen-bond acceptors (Lipinski definition) is 2. The minimum absolute atomic E-state index is 0.0990. The van der Waals surface area contributed by atoms with Gasteiger partial charge in [-0.15, -0.1) is 0 Å². The predicted molar refractivity (Wildman–Crippen MR) is 114 cm³/mol. The fourth-order valence-corrected chi connectivity index (χ4v) is 4.21. The summed E-state index contributed by atoms with van der Waals surface area (Å²) < 4.78 is 19.4. The lowest BCUT2D eigenvalue weighted by Crippen LogP contribution is -3.15. The van der Waals surface area contributed by atoms with Gasteiger partial charge in [-0.25, -0.2) is 4.39 Å². The maximum atomic E-state index is 14.4. The maximum Gasteiger partial charge on any atom is 0.257 e. The SMILES string of the molecule is COc1ccc(C(=O)N2CC[NH+](C(c3ccccc3)c3ccccc3)CC2)c(F)c1. The van der Waals surface area contributed by atoms with Crippen LogP contribution in [-0.4, -0.2) is 44.1 Å². The molecule has 0 aliphatic carbocycles. The van der Waals surface area contributed by atoms with Crippen LogP contribution < -0.4 is 9.64 Å². The Morgan fingerprint density at radius 3 is 2.00 bits per heavy atom. The molecular formula is C25H26FN2O2+. The molecule has 0 spiro atoms. The third kappa shape index (κ3) is 4.21. The standard InChI is InChI=1S/C25H25FN2O2/c1-30-21-12-13-22(23(26)18-21)25(29)28-16-14-27(15-17-28)24(19-8-4-2-5-9-19)20-10-6-3-7-11-20/h2-13,18,24H,14-17H2,1H3/p+1. The van der Waals surface area contributed by atoms with E-state index < -0.39 is 5.82 Å². The van der Waals surface area contributed by atoms with Crippen LogP contribution in [-0.2, 0) is 0 Å². The van der Waals surface area contributed by atoms with E-state index in [0.717, 1.165) is 13.1 Å². The largest absolute Gasteiger partial charge is 0.497 e. The Balaban J connectivity index is 1.50. The van der Waals surface area contributed by atoms with Gasteiger partial charge in [0, 0.05) is 17.2 Å². The van der Waals surface area contributed by atoms with Crippen LogP contribution in [0.4, 0.5) is 4.39 Å². The van der Waals surface area contributed by atoms with Gasteiger partial charge in [-0.3, -0.25) is 4.79 Å². The lowest BCUT2D eigenvalue weighted by molar-refractivity contribution is -0.929. The van der Waals surface area contributed by atoms with E-state index in [4.69, 9.17) is 4.74 Å². The number of carbonyl (C=O) groups is 1. The minimum Gasteiger partial charge on any atom is -0.497 e. The zero-order valence-corrected chi connectivity index (χ0v) is 17.1. The van der Waals surface area contributed by atoms with E-state index in [1.54, 1.807) is 11.0 Å². The molecule has 5 heteroatoms. The van der Waals surface area contributed by atoms with Gasteiger partial charge in [-0.05, 0) is 12.1 Å². The topological polar surface area (TPSA) is 34.0 Å². The molecular weight excluding hydrogens is 379 g/mol. The first-order chi connectivity index (χ1) is 14.7. The van der Waals surface area contributed by atoms with E-state index in [2.05, 4.69) is 48.5 Å². The summed E-state index contributed by atoms with van der Waals surface area (Å²) >= 11 is 0. The molecule has 0 unspecified atom stereocenters. The highest BCUT2D eigenvalue weighted by Crippen LogP contribution is 2.20. The van der Waals surface area contributed by atoms with E-state index in [9.17, 15) is 9.18 Å². The Kier molecular flexibility index (Phi) is 6.10. The van der Waals surface area contributed by atoms with E-state index in [1.807, 2.05) is 12.1 Å². The predicted octanol–water partition coefficient (Wildman–Crippen LogP) is 2.96. The summed E-state index contributed by atoms with van der Waals surface area (Å²) in [5.74, 6) is -0.391. The molecule has 0 saturated carbocycles. The van der Waals surface area contributed by atoms with Crippen LogP contribution in [0.1, 0.15) is 27.5 Å². The quantitative estimate of drug-likeness (QED) is 0.708. The first-order valence-electron chi connectivity index (χ1n) is 10.2. The molecule has 3 aromatic carbocycles. The fraction of sp³-hybridized carbons (Fsp3) is 0.240. The second-order valence-corrected chi connectivity index (χ2v) is 7.55. The highest BCUT2D eigenvalue weighted by molar-refractivity contribution is 5.94. The molecule has 0 atom stereocenters. The number of amides is 1. The van der Waals surface area contributed by atoms with Gasteiger partial charge in [0.2, 0.25) is 0 Å². The molecule has 1 aliphatic rings. The molecule has 1 fully saturated rings. The average Bonchev–Trinajstić information content (AvgIpc) is 2.80. The van der Waals surface area contributed by atoms with E-state index in [0.29, 0.717) is 18.8 Å². The average molecular weight is 405 g/mol. The molecule has 1 N–H and O–H groups in total. The van der Waals surface area contributed by atoms with Gasteiger partial charge in [-0.2, -0.15) is 0 Å². The van der Waals surface area contributed by atoms with Crippen molar-refractivity contribution in [2.45, 2.75) is 6.04 Å². The van der Waals surface area contributed by atoms with Gasteiger partial charge >= 0.3 is 0 Å². The number of nitrogens with zero attached hydrogens (tertiary/aromatic N) is 1. The molecule has 1 saturated heterocycles. The van der Waals surface area contributed by atoms with Crippen LogP contribution in [0.5, 0.6) is 5.75 Å². The highest BCUT2D eigenvalue weighted by Gasteiger charge is 2.32. The third-order valence-electron chi connectivity index (χ3n) is 5.77. The number of methoxy groups -OCH3 is 1. The maximum absolute atomic E-state index is 14.4. The van der Waals surface area contributed by atoms with Crippen molar-refractivity contribution in [1.82, 2.24) is 4.90 Å². The molecule has 3 aromatic rings. The Labute approximate surface area is 176 Å². The third-order valence-corrected chi connectivity index (χ3v) is 5.77. The molecule has 4 nitrogen and oxygen atoms in total. The molecule has 0 radical (unpaired) electrons. The number of benzene rings is 3. The van der Waals surface area contributed by atoms with Gasteiger partial charge in [-0.1, -0.05) is 60.7 Å². The van der Waals surface area contributed by atoms with E-state index >= 15 is 0 Å². The van der Waals surface area contributed by atoms with E-state index in [-0.39, 0.29) is 17.5 Å². The smallest absolute Gasteiger partial charge is 0.257 e. The monoisotopic (exact) mass is 405 g/mol. The van der Waals surface area contributed by atoms with Crippen LogP contribution in [0.25, 0.3) is 0 Å². The zero-order chi connectivity index (χ0) is 20.9. The molecule has 0 bridgehead atoms. The van der Waals surface area contributed by atoms with Gasteiger partial charge < -0.3 is 14.5 Å². The Hall–Kier alpha value is -3.18. The Morgan fingerprint density at radius 1 is 0.933 bits per heavy atom. The number of halogens is 1. The van der Waals surface area contributed by atoms with Gasteiger partial charge in [0.25, 0.3) is 5.91 Å². The van der Waals surface area contributed by atoms with Crippen molar-refractivity contribution in [2.24, 2.45) is 0 Å². The Bertz CT molecular complexity index is 947. The van der Waals surface area contributed by atoms with Crippen molar-refractivity contribution < 1.29 is 18.8 Å². The normalized spacial score (nSPS) is 14.7. The summed E-state index contributed by atoms with van der Waals surface area (Å²) in [6.45, 7) is 2.79. The van der Waals surface area contributed by atoms with Gasteiger partial charge in [0.05, 0.1) is 38.9 Å². The second kappa shape index (κ2) is 9.09. The summed E-state index contributed by atoms with van der Waals surface area (Å²) in [7, 11) is 1.48. The molecule has 1 heterocycles. The van der Waals surface area contributed by atoms with Gasteiger partial charge in [0.1, 0.15) is 17.6 Å². The number of ether oxygens (including phenoxy) is 1. The molecule has 30 heavy (non-hydrogen) atoms. The van der Waals surface area contributed by atoms with Crippen molar-refractivity contribution >= 4 is 5.91 Å². The number of hydrogen-bond donors (Lipinski definition) is 1. The first kappa shape index (κ1) is 20.1. The molecule has 4 rings (SSSR count).